The Kier molecular flexibility index (Phi) is 2.05. The smallest absolute Gasteiger partial charge is 0.136 e. The maximum absolute atomic E-state index is 5.93. The average Bonchev–Trinajstić information content (AvgIpc) is 3.02. The first-order valence-corrected chi connectivity index (χ1v) is 6.75. The molecule has 0 spiro atoms. The van der Waals surface area contributed by atoms with Crippen molar-refractivity contribution in [1.82, 2.24) is 0 Å². The van der Waals surface area contributed by atoms with E-state index in [0.29, 0.717) is 0 Å². The van der Waals surface area contributed by atoms with E-state index in [4.69, 9.17) is 4.42 Å². The van der Waals surface area contributed by atoms with Gasteiger partial charge in [-0.2, -0.15) is 0 Å². The minimum Gasteiger partial charge on any atom is -0.456 e. The van der Waals surface area contributed by atoms with E-state index in [2.05, 4.69) is 41.8 Å². The molecule has 0 aliphatic rings. The number of benzene rings is 2. The Morgan fingerprint density at radius 1 is 0.889 bits per heavy atom. The molecule has 2 heteroatoms. The van der Waals surface area contributed by atoms with Gasteiger partial charge in [0.25, 0.3) is 0 Å². The summed E-state index contributed by atoms with van der Waals surface area (Å²) >= 11 is 1.76. The van der Waals surface area contributed by atoms with Gasteiger partial charge in [-0.15, -0.1) is 11.3 Å². The molecular weight excluding hydrogens is 240 g/mol. The predicted molar refractivity (Wildman–Crippen MR) is 77.0 cm³/mol. The first-order chi connectivity index (χ1) is 8.92. The topological polar surface area (TPSA) is 13.1 Å². The Labute approximate surface area is 108 Å². The van der Waals surface area contributed by atoms with Crippen LogP contribution in [0.4, 0.5) is 0 Å². The van der Waals surface area contributed by atoms with Crippen LogP contribution in [0.5, 0.6) is 0 Å². The second kappa shape index (κ2) is 3.72. The Morgan fingerprint density at radius 3 is 2.67 bits per heavy atom. The fourth-order valence-corrected chi connectivity index (χ4v) is 3.23. The van der Waals surface area contributed by atoms with Crippen molar-refractivity contribution in [3.63, 3.8) is 0 Å². The standard InChI is InChI=1S/C16H10OS/c1-3-7-14-11(5-1)9-15(17-14)13-10-18-16-8-4-2-6-12(13)16/h1-10H. The van der Waals surface area contributed by atoms with Crippen molar-refractivity contribution in [3.8, 4) is 11.3 Å². The highest BCUT2D eigenvalue weighted by atomic mass is 32.1. The van der Waals surface area contributed by atoms with E-state index in [1.807, 2.05) is 18.2 Å². The zero-order valence-electron chi connectivity index (χ0n) is 9.59. The summed E-state index contributed by atoms with van der Waals surface area (Å²) < 4.78 is 7.23. The van der Waals surface area contributed by atoms with Crippen LogP contribution in [-0.4, -0.2) is 0 Å². The molecule has 0 unspecified atom stereocenters. The molecule has 0 saturated carbocycles. The Morgan fingerprint density at radius 2 is 1.72 bits per heavy atom. The summed E-state index contributed by atoms with van der Waals surface area (Å²) in [7, 11) is 0. The zero-order valence-corrected chi connectivity index (χ0v) is 10.4. The lowest BCUT2D eigenvalue weighted by Gasteiger charge is -1.93. The van der Waals surface area contributed by atoms with Crippen molar-refractivity contribution < 1.29 is 4.42 Å². The van der Waals surface area contributed by atoms with Crippen LogP contribution >= 0.6 is 11.3 Å². The first-order valence-electron chi connectivity index (χ1n) is 5.87. The summed E-state index contributed by atoms with van der Waals surface area (Å²) in [5, 5.41) is 4.59. The molecule has 2 heterocycles. The third-order valence-corrected chi connectivity index (χ3v) is 4.14. The van der Waals surface area contributed by atoms with Crippen LogP contribution in [0.15, 0.2) is 64.4 Å². The van der Waals surface area contributed by atoms with Crippen LogP contribution in [0, 0.1) is 0 Å². The van der Waals surface area contributed by atoms with E-state index in [-0.39, 0.29) is 0 Å². The summed E-state index contributed by atoms with van der Waals surface area (Å²) in [5.41, 5.74) is 2.13. The van der Waals surface area contributed by atoms with Gasteiger partial charge in [0.1, 0.15) is 11.3 Å². The highest BCUT2D eigenvalue weighted by Crippen LogP contribution is 2.36. The second-order valence-electron chi connectivity index (χ2n) is 4.29. The molecule has 2 aromatic carbocycles. The van der Waals surface area contributed by atoms with Crippen molar-refractivity contribution in [2.24, 2.45) is 0 Å². The van der Waals surface area contributed by atoms with Gasteiger partial charge in [0, 0.05) is 26.4 Å². The molecule has 0 bridgehead atoms. The van der Waals surface area contributed by atoms with Gasteiger partial charge in [-0.3, -0.25) is 0 Å². The Bertz CT molecular complexity index is 805. The third-order valence-electron chi connectivity index (χ3n) is 3.17. The van der Waals surface area contributed by atoms with Gasteiger partial charge in [-0.25, -0.2) is 0 Å². The van der Waals surface area contributed by atoms with Gasteiger partial charge in [0.2, 0.25) is 0 Å². The lowest BCUT2D eigenvalue weighted by molar-refractivity contribution is 0.632. The molecule has 0 fully saturated rings. The second-order valence-corrected chi connectivity index (χ2v) is 5.21. The molecule has 86 valence electrons. The van der Waals surface area contributed by atoms with E-state index in [9.17, 15) is 0 Å². The molecule has 4 aromatic rings. The molecule has 0 saturated heterocycles. The highest BCUT2D eigenvalue weighted by Gasteiger charge is 2.10. The molecule has 0 aliphatic carbocycles. The number of hydrogen-bond acceptors (Lipinski definition) is 2. The third kappa shape index (κ3) is 1.39. The van der Waals surface area contributed by atoms with Crippen LogP contribution in [0.1, 0.15) is 0 Å². The molecule has 1 nitrogen and oxygen atoms in total. The monoisotopic (exact) mass is 250 g/mol. The number of furan rings is 1. The summed E-state index contributed by atoms with van der Waals surface area (Å²) in [5.74, 6) is 0.952. The maximum atomic E-state index is 5.93. The van der Waals surface area contributed by atoms with E-state index in [1.54, 1.807) is 11.3 Å². The van der Waals surface area contributed by atoms with Gasteiger partial charge in [0.05, 0.1) is 0 Å². The van der Waals surface area contributed by atoms with Crippen LogP contribution in [-0.2, 0) is 0 Å². The van der Waals surface area contributed by atoms with Crippen LogP contribution in [0.25, 0.3) is 32.4 Å². The van der Waals surface area contributed by atoms with Gasteiger partial charge in [0.15, 0.2) is 0 Å². The molecule has 4 rings (SSSR count). The SMILES string of the molecule is c1ccc2oc(-c3csc4ccccc34)cc2c1. The lowest BCUT2D eigenvalue weighted by atomic mass is 10.1. The number of para-hydroxylation sites is 1. The average molecular weight is 250 g/mol. The van der Waals surface area contributed by atoms with Gasteiger partial charge < -0.3 is 4.42 Å². The largest absolute Gasteiger partial charge is 0.456 e. The van der Waals surface area contributed by atoms with Crippen molar-refractivity contribution in [3.05, 3.63) is 60.0 Å². The zero-order chi connectivity index (χ0) is 11.9. The molecule has 0 amide bonds. The Hall–Kier alpha value is -2.06. The van der Waals surface area contributed by atoms with Gasteiger partial charge in [-0.05, 0) is 18.2 Å². The highest BCUT2D eigenvalue weighted by molar-refractivity contribution is 7.17. The fourth-order valence-electron chi connectivity index (χ4n) is 2.28. The van der Waals surface area contributed by atoms with E-state index < -0.39 is 0 Å². The van der Waals surface area contributed by atoms with Crippen LogP contribution in [0.3, 0.4) is 0 Å². The van der Waals surface area contributed by atoms with Crippen LogP contribution < -0.4 is 0 Å². The molecule has 0 N–H and O–H groups in total. The van der Waals surface area contributed by atoms with Crippen molar-refractivity contribution in [1.29, 1.82) is 0 Å². The summed E-state index contributed by atoms with van der Waals surface area (Å²) in [6.07, 6.45) is 0. The van der Waals surface area contributed by atoms with Crippen molar-refractivity contribution in [2.75, 3.05) is 0 Å². The maximum Gasteiger partial charge on any atom is 0.136 e. The van der Waals surface area contributed by atoms with E-state index in [0.717, 1.165) is 16.7 Å². The van der Waals surface area contributed by atoms with Gasteiger partial charge >= 0.3 is 0 Å². The molecule has 0 aliphatic heterocycles. The van der Waals surface area contributed by atoms with Crippen molar-refractivity contribution >= 4 is 32.4 Å². The molecular formula is C16H10OS. The minimum absolute atomic E-state index is 0.947. The summed E-state index contributed by atoms with van der Waals surface area (Å²) in [6, 6.07) is 18.7. The van der Waals surface area contributed by atoms with E-state index >= 15 is 0 Å². The summed E-state index contributed by atoms with van der Waals surface area (Å²) in [6.45, 7) is 0. The normalized spacial score (nSPS) is 11.3. The quantitative estimate of drug-likeness (QED) is 0.446. The van der Waals surface area contributed by atoms with Crippen LogP contribution in [0.2, 0.25) is 0 Å². The van der Waals surface area contributed by atoms with E-state index in [1.165, 1.54) is 15.6 Å². The minimum atomic E-state index is 0.947. The lowest BCUT2D eigenvalue weighted by Crippen LogP contribution is -1.68. The van der Waals surface area contributed by atoms with Gasteiger partial charge in [-0.1, -0.05) is 36.4 Å². The number of thiophene rings is 1. The summed E-state index contributed by atoms with van der Waals surface area (Å²) in [4.78, 5) is 0. The fraction of sp³-hybridized carbons (Fsp3) is 0. The number of rotatable bonds is 1. The molecule has 18 heavy (non-hydrogen) atoms. The number of fused-ring (bicyclic) bond motifs is 2. The van der Waals surface area contributed by atoms with Crippen molar-refractivity contribution in [2.45, 2.75) is 0 Å². The predicted octanol–water partition coefficient (Wildman–Crippen LogP) is 5.31. The molecule has 2 aromatic heterocycles. The molecule has 0 atom stereocenters. The molecule has 0 radical (unpaired) electrons. The number of hydrogen-bond donors (Lipinski definition) is 0. The Balaban J connectivity index is 2.01. The first kappa shape index (κ1) is 9.92.